The van der Waals surface area contributed by atoms with Crippen molar-refractivity contribution in [3.8, 4) is 22.5 Å². The van der Waals surface area contributed by atoms with Crippen LogP contribution in [-0.4, -0.2) is 9.97 Å². The molecule has 0 bridgehead atoms. The Morgan fingerprint density at radius 2 is 0.895 bits per heavy atom. The van der Waals surface area contributed by atoms with Gasteiger partial charge in [-0.15, -0.1) is 0 Å². The molecule has 0 aliphatic rings. The molecule has 0 amide bonds. The third-order valence-corrected chi connectivity index (χ3v) is 6.46. The summed E-state index contributed by atoms with van der Waals surface area (Å²) in [4.78, 5) is 8.72. The topological polar surface area (TPSA) is 25.8 Å². The summed E-state index contributed by atoms with van der Waals surface area (Å²) in [5.74, 6) is -2.48. The Morgan fingerprint density at radius 1 is 0.447 bits per heavy atom. The van der Waals surface area contributed by atoms with Gasteiger partial charge >= 0.3 is 0 Å². The van der Waals surface area contributed by atoms with Gasteiger partial charge in [-0.2, -0.15) is 0 Å². The van der Waals surface area contributed by atoms with Crippen LogP contribution in [0.3, 0.4) is 0 Å². The van der Waals surface area contributed by atoms with Gasteiger partial charge in [-0.3, -0.25) is 9.97 Å². The number of benzene rings is 3. The molecule has 0 aliphatic carbocycles. The molecular formula is C32H24F4N2. The molecule has 0 fully saturated rings. The highest BCUT2D eigenvalue weighted by Gasteiger charge is 2.09. The van der Waals surface area contributed by atoms with E-state index in [2.05, 4.69) is 28.2 Å². The van der Waals surface area contributed by atoms with Crippen molar-refractivity contribution in [1.82, 2.24) is 9.97 Å². The van der Waals surface area contributed by atoms with E-state index in [0.717, 1.165) is 48.9 Å². The van der Waals surface area contributed by atoms with Crippen LogP contribution in [0.4, 0.5) is 17.6 Å². The number of rotatable bonds is 8. The van der Waals surface area contributed by atoms with Crippen LogP contribution in [-0.2, 0) is 25.7 Å². The number of hydrogen-bond donors (Lipinski definition) is 0. The Morgan fingerprint density at radius 3 is 1.29 bits per heavy atom. The van der Waals surface area contributed by atoms with E-state index in [4.69, 9.17) is 0 Å². The second-order valence-electron chi connectivity index (χ2n) is 9.17. The number of hydrogen-bond acceptors (Lipinski definition) is 2. The molecular weight excluding hydrogens is 488 g/mol. The van der Waals surface area contributed by atoms with Crippen LogP contribution >= 0.6 is 0 Å². The Balaban J connectivity index is 1.17. The van der Waals surface area contributed by atoms with E-state index in [1.807, 2.05) is 18.2 Å². The zero-order chi connectivity index (χ0) is 26.5. The Labute approximate surface area is 218 Å². The second kappa shape index (κ2) is 11.4. The van der Waals surface area contributed by atoms with Gasteiger partial charge in [0.1, 0.15) is 23.3 Å². The van der Waals surface area contributed by atoms with Crippen LogP contribution in [0.2, 0.25) is 0 Å². The van der Waals surface area contributed by atoms with Crippen molar-refractivity contribution >= 4 is 0 Å². The molecule has 0 saturated heterocycles. The molecule has 38 heavy (non-hydrogen) atoms. The SMILES string of the molecule is Fc1ccc(-c2ccc(CCc3cccc(CCc4ccc(-c5ccc(F)cc5F)nc4)c3)cn2)c(F)c1. The van der Waals surface area contributed by atoms with Crippen LogP contribution in [0.5, 0.6) is 0 Å². The van der Waals surface area contributed by atoms with Crippen LogP contribution in [0.1, 0.15) is 22.3 Å². The van der Waals surface area contributed by atoms with Gasteiger partial charge < -0.3 is 0 Å². The maximum absolute atomic E-state index is 14.0. The van der Waals surface area contributed by atoms with Crippen molar-refractivity contribution in [2.75, 3.05) is 0 Å². The summed E-state index contributed by atoms with van der Waals surface area (Å²) in [6.45, 7) is 0. The molecule has 2 heterocycles. The molecule has 0 spiro atoms. The van der Waals surface area contributed by atoms with Crippen LogP contribution < -0.4 is 0 Å². The number of nitrogens with zero attached hydrogens (tertiary/aromatic N) is 2. The molecule has 0 aliphatic heterocycles. The first-order chi connectivity index (χ1) is 18.4. The predicted octanol–water partition coefficient (Wildman–Crippen LogP) is 7.94. The Kier molecular flexibility index (Phi) is 7.59. The lowest BCUT2D eigenvalue weighted by Crippen LogP contribution is -1.97. The van der Waals surface area contributed by atoms with Gasteiger partial charge in [0.15, 0.2) is 0 Å². The highest BCUT2D eigenvalue weighted by Crippen LogP contribution is 2.23. The molecule has 0 atom stereocenters. The van der Waals surface area contributed by atoms with E-state index >= 15 is 0 Å². The van der Waals surface area contributed by atoms with Gasteiger partial charge in [0.25, 0.3) is 0 Å². The van der Waals surface area contributed by atoms with Crippen molar-refractivity contribution in [2.24, 2.45) is 0 Å². The average Bonchev–Trinajstić information content (AvgIpc) is 2.92. The average molecular weight is 513 g/mol. The highest BCUT2D eigenvalue weighted by molar-refractivity contribution is 5.60. The maximum Gasteiger partial charge on any atom is 0.135 e. The monoisotopic (exact) mass is 512 g/mol. The molecule has 5 rings (SSSR count). The van der Waals surface area contributed by atoms with Crippen molar-refractivity contribution in [3.63, 3.8) is 0 Å². The van der Waals surface area contributed by atoms with Gasteiger partial charge in [-0.25, -0.2) is 17.6 Å². The largest absolute Gasteiger partial charge is 0.256 e. The van der Waals surface area contributed by atoms with Crippen LogP contribution in [0.15, 0.2) is 97.3 Å². The molecule has 5 aromatic rings. The van der Waals surface area contributed by atoms with E-state index < -0.39 is 23.3 Å². The summed E-state index contributed by atoms with van der Waals surface area (Å²) in [5, 5.41) is 0. The quantitative estimate of drug-likeness (QED) is 0.197. The minimum Gasteiger partial charge on any atom is -0.256 e. The van der Waals surface area contributed by atoms with Gasteiger partial charge in [0, 0.05) is 35.7 Å². The van der Waals surface area contributed by atoms with E-state index in [9.17, 15) is 17.6 Å². The fraction of sp³-hybridized carbons (Fsp3) is 0.125. The lowest BCUT2D eigenvalue weighted by Gasteiger charge is -2.08. The minimum atomic E-state index is -0.629. The van der Waals surface area contributed by atoms with E-state index in [0.29, 0.717) is 11.4 Å². The van der Waals surface area contributed by atoms with Gasteiger partial charge in [-0.1, -0.05) is 36.4 Å². The normalized spacial score (nSPS) is 11.1. The second-order valence-corrected chi connectivity index (χ2v) is 9.17. The molecule has 0 saturated carbocycles. The number of pyridine rings is 2. The summed E-state index contributed by atoms with van der Waals surface area (Å²) in [7, 11) is 0. The Hall–Kier alpha value is -4.32. The van der Waals surface area contributed by atoms with Gasteiger partial charge in [0.2, 0.25) is 0 Å². The summed E-state index contributed by atoms with van der Waals surface area (Å²) >= 11 is 0. The van der Waals surface area contributed by atoms with Crippen molar-refractivity contribution in [3.05, 3.63) is 143 Å². The van der Waals surface area contributed by atoms with Gasteiger partial charge in [0.05, 0.1) is 11.4 Å². The Bertz CT molecular complexity index is 1430. The summed E-state index contributed by atoms with van der Waals surface area (Å²) in [6.07, 6.45) is 6.70. The molecule has 2 aromatic heterocycles. The van der Waals surface area contributed by atoms with E-state index in [-0.39, 0.29) is 11.1 Å². The molecule has 190 valence electrons. The molecule has 2 nitrogen and oxygen atoms in total. The van der Waals surface area contributed by atoms with Crippen molar-refractivity contribution in [1.29, 1.82) is 0 Å². The zero-order valence-corrected chi connectivity index (χ0v) is 20.5. The molecule has 0 N–H and O–H groups in total. The summed E-state index contributed by atoms with van der Waals surface area (Å²) < 4.78 is 54.4. The summed E-state index contributed by atoms with van der Waals surface area (Å²) in [5.41, 5.74) is 5.97. The minimum absolute atomic E-state index is 0.276. The number of aryl methyl sites for hydroxylation is 4. The number of aromatic nitrogens is 2. The fourth-order valence-electron chi connectivity index (χ4n) is 4.38. The third kappa shape index (κ3) is 6.14. The molecule has 6 heteroatoms. The third-order valence-electron chi connectivity index (χ3n) is 6.46. The zero-order valence-electron chi connectivity index (χ0n) is 20.5. The number of halogens is 4. The maximum atomic E-state index is 14.0. The lowest BCUT2D eigenvalue weighted by atomic mass is 9.99. The molecule has 3 aromatic carbocycles. The molecule has 0 unspecified atom stereocenters. The standard InChI is InChI=1S/C32H24F4N2/c33-25-10-12-27(29(35)17-25)31-14-8-23(19-37-31)6-4-21-2-1-3-22(16-21)5-7-24-9-15-32(38-20-24)28-13-11-26(34)18-30(28)36/h1-3,8-20H,4-7H2. The summed E-state index contributed by atoms with van der Waals surface area (Å²) in [6, 6.07) is 22.7. The first-order valence-corrected chi connectivity index (χ1v) is 12.3. The van der Waals surface area contributed by atoms with E-state index in [1.54, 1.807) is 24.5 Å². The first-order valence-electron chi connectivity index (χ1n) is 12.3. The van der Waals surface area contributed by atoms with Crippen molar-refractivity contribution in [2.45, 2.75) is 25.7 Å². The predicted molar refractivity (Wildman–Crippen MR) is 140 cm³/mol. The van der Waals surface area contributed by atoms with Crippen molar-refractivity contribution < 1.29 is 17.6 Å². The smallest absolute Gasteiger partial charge is 0.135 e. The van der Waals surface area contributed by atoms with E-state index in [1.165, 1.54) is 35.4 Å². The first kappa shape index (κ1) is 25.3. The lowest BCUT2D eigenvalue weighted by molar-refractivity contribution is 0.584. The highest BCUT2D eigenvalue weighted by atomic mass is 19.1. The van der Waals surface area contributed by atoms with Crippen LogP contribution in [0, 0.1) is 23.3 Å². The van der Waals surface area contributed by atoms with Gasteiger partial charge in [-0.05, 0) is 84.3 Å². The fourth-order valence-corrected chi connectivity index (χ4v) is 4.38. The van der Waals surface area contributed by atoms with Crippen LogP contribution in [0.25, 0.3) is 22.5 Å². The molecule has 0 radical (unpaired) electrons.